The van der Waals surface area contributed by atoms with Gasteiger partial charge in [0.2, 0.25) is 0 Å². The van der Waals surface area contributed by atoms with E-state index in [9.17, 15) is 0 Å². The molecule has 3 unspecified atom stereocenters. The molecule has 3 aliphatic carbocycles. The zero-order valence-electron chi connectivity index (χ0n) is 20.3. The lowest BCUT2D eigenvalue weighted by Crippen LogP contribution is -2.28. The molecular formula is C27H48P2. The molecule has 3 aliphatic rings. The molecule has 3 atom stereocenters. The maximum Gasteiger partial charge on any atom is 0.00516 e. The summed E-state index contributed by atoms with van der Waals surface area (Å²) in [4.78, 5) is 0. The van der Waals surface area contributed by atoms with E-state index in [0.717, 1.165) is 31.7 Å². The lowest BCUT2D eigenvalue weighted by Gasteiger charge is -2.43. The third-order valence-corrected chi connectivity index (χ3v) is 12.6. The Morgan fingerprint density at radius 3 is 1.90 bits per heavy atom. The molecule has 166 valence electrons. The summed E-state index contributed by atoms with van der Waals surface area (Å²) in [6.45, 7) is 14.9. The molecule has 0 aromatic heterocycles. The molecule has 2 saturated carbocycles. The highest BCUT2D eigenvalue weighted by atomic mass is 31.1. The Kier molecular flexibility index (Phi) is 8.53. The van der Waals surface area contributed by atoms with Crippen LogP contribution in [-0.4, -0.2) is 21.6 Å². The highest BCUT2D eigenvalue weighted by molar-refractivity contribution is 7.63. The molecule has 29 heavy (non-hydrogen) atoms. The van der Waals surface area contributed by atoms with E-state index in [-0.39, 0.29) is 7.92 Å². The number of allylic oxidation sites excluding steroid dienone is 4. The van der Waals surface area contributed by atoms with Crippen molar-refractivity contribution >= 4 is 16.5 Å². The highest BCUT2D eigenvalue weighted by Gasteiger charge is 2.39. The van der Waals surface area contributed by atoms with Gasteiger partial charge < -0.3 is 0 Å². The fourth-order valence-electron chi connectivity index (χ4n) is 6.66. The zero-order valence-corrected chi connectivity index (χ0v) is 22.2. The van der Waals surface area contributed by atoms with Crippen LogP contribution in [0.3, 0.4) is 0 Å². The highest BCUT2D eigenvalue weighted by Crippen LogP contribution is 2.65. The molecule has 0 bridgehead atoms. The van der Waals surface area contributed by atoms with Crippen LogP contribution < -0.4 is 0 Å². The standard InChI is InChI=1S/C27H48P2/c1-21(20-27(5,6)28-26(2,3)4)24-18-13-19-25(24)29(22-14-9-7-10-15-22)23-16-11-8-12-17-23/h13,18-19,21-24,28H,7-12,14-17,20H2,1-6H3. The van der Waals surface area contributed by atoms with Crippen LogP contribution >= 0.6 is 16.5 Å². The number of hydrogen-bond donors (Lipinski definition) is 0. The van der Waals surface area contributed by atoms with Gasteiger partial charge in [0.1, 0.15) is 0 Å². The van der Waals surface area contributed by atoms with Gasteiger partial charge in [-0.3, -0.25) is 0 Å². The van der Waals surface area contributed by atoms with Gasteiger partial charge in [-0.25, -0.2) is 0 Å². The molecule has 0 heterocycles. The van der Waals surface area contributed by atoms with Crippen molar-refractivity contribution < 1.29 is 0 Å². The summed E-state index contributed by atoms with van der Waals surface area (Å²) in [5.41, 5.74) is 2.07. The molecular weight excluding hydrogens is 386 g/mol. The first-order valence-electron chi connectivity index (χ1n) is 12.6. The maximum absolute atomic E-state index is 2.61. The summed E-state index contributed by atoms with van der Waals surface area (Å²) < 4.78 is 0. The maximum atomic E-state index is 2.61. The fraction of sp³-hybridized carbons (Fsp3) is 0.852. The van der Waals surface area contributed by atoms with Crippen molar-refractivity contribution in [1.29, 1.82) is 0 Å². The first kappa shape index (κ1) is 24.0. The van der Waals surface area contributed by atoms with E-state index in [1.165, 1.54) is 70.6 Å². The van der Waals surface area contributed by atoms with E-state index < -0.39 is 0 Å². The number of rotatable bonds is 7. The molecule has 0 N–H and O–H groups in total. The molecule has 0 nitrogen and oxygen atoms in total. The van der Waals surface area contributed by atoms with Gasteiger partial charge in [-0.15, -0.1) is 8.58 Å². The summed E-state index contributed by atoms with van der Waals surface area (Å²) in [6.07, 6.45) is 24.1. The normalized spacial score (nSPS) is 26.6. The van der Waals surface area contributed by atoms with Crippen molar-refractivity contribution in [3.63, 3.8) is 0 Å². The van der Waals surface area contributed by atoms with Gasteiger partial charge in [0.15, 0.2) is 0 Å². The van der Waals surface area contributed by atoms with Crippen molar-refractivity contribution in [3.8, 4) is 0 Å². The summed E-state index contributed by atoms with van der Waals surface area (Å²) in [5.74, 6) is 1.51. The van der Waals surface area contributed by atoms with Crippen LogP contribution in [0.15, 0.2) is 23.5 Å². The van der Waals surface area contributed by atoms with E-state index in [1.54, 1.807) is 0 Å². The molecule has 3 rings (SSSR count). The van der Waals surface area contributed by atoms with Crippen LogP contribution in [0.25, 0.3) is 0 Å². The van der Waals surface area contributed by atoms with E-state index in [1.807, 2.05) is 5.31 Å². The molecule has 0 aliphatic heterocycles. The van der Waals surface area contributed by atoms with Gasteiger partial charge in [-0.05, 0) is 65.0 Å². The molecule has 0 amide bonds. The molecule has 0 aromatic carbocycles. The van der Waals surface area contributed by atoms with Gasteiger partial charge in [0, 0.05) is 5.92 Å². The Balaban J connectivity index is 1.75. The smallest absolute Gasteiger partial charge is 0.00516 e. The molecule has 0 spiro atoms. The van der Waals surface area contributed by atoms with E-state index in [0.29, 0.717) is 10.3 Å². The Morgan fingerprint density at radius 2 is 1.41 bits per heavy atom. The lowest BCUT2D eigenvalue weighted by molar-refractivity contribution is 0.406. The summed E-state index contributed by atoms with van der Waals surface area (Å²) in [6, 6.07) is 0. The minimum Gasteiger partial charge on any atom is -0.111 e. The topological polar surface area (TPSA) is 0 Å². The van der Waals surface area contributed by atoms with E-state index in [2.05, 4.69) is 59.8 Å². The average Bonchev–Trinajstić information content (AvgIpc) is 3.11. The average molecular weight is 435 g/mol. The van der Waals surface area contributed by atoms with E-state index in [4.69, 9.17) is 0 Å². The van der Waals surface area contributed by atoms with Gasteiger partial charge in [-0.1, -0.05) is 106 Å². The predicted octanol–water partition coefficient (Wildman–Crippen LogP) is 9.49. The third kappa shape index (κ3) is 6.91. The van der Waals surface area contributed by atoms with Crippen molar-refractivity contribution in [1.82, 2.24) is 0 Å². The van der Waals surface area contributed by atoms with Crippen LogP contribution in [0.5, 0.6) is 0 Å². The summed E-state index contributed by atoms with van der Waals surface area (Å²) in [7, 11) is 1.10. The quantitative estimate of drug-likeness (QED) is 0.350. The summed E-state index contributed by atoms with van der Waals surface area (Å²) in [5, 5.41) is 2.82. The van der Waals surface area contributed by atoms with Crippen molar-refractivity contribution in [3.05, 3.63) is 23.5 Å². The molecule has 2 fully saturated rings. The first-order chi connectivity index (χ1) is 13.7. The van der Waals surface area contributed by atoms with Gasteiger partial charge in [-0.2, -0.15) is 0 Å². The molecule has 0 radical (unpaired) electrons. The van der Waals surface area contributed by atoms with Crippen LogP contribution in [0.4, 0.5) is 0 Å². The van der Waals surface area contributed by atoms with Gasteiger partial charge in [0.25, 0.3) is 0 Å². The fourth-order valence-corrected chi connectivity index (χ4v) is 13.3. The monoisotopic (exact) mass is 434 g/mol. The van der Waals surface area contributed by atoms with Crippen LogP contribution in [0.2, 0.25) is 0 Å². The summed E-state index contributed by atoms with van der Waals surface area (Å²) >= 11 is 0. The SMILES string of the molecule is CC(CC(C)(C)PC(C)(C)C)C1C=CC=C1P(C1CCCCC1)C1CCCCC1. The minimum absolute atomic E-state index is 0.0626. The van der Waals surface area contributed by atoms with Gasteiger partial charge in [0.05, 0.1) is 0 Å². The first-order valence-corrected chi connectivity index (χ1v) is 15.1. The van der Waals surface area contributed by atoms with Crippen LogP contribution in [-0.2, 0) is 0 Å². The predicted molar refractivity (Wildman–Crippen MR) is 137 cm³/mol. The lowest BCUT2D eigenvalue weighted by atomic mass is 9.87. The second-order valence-corrected chi connectivity index (χ2v) is 17.8. The van der Waals surface area contributed by atoms with E-state index >= 15 is 0 Å². The van der Waals surface area contributed by atoms with Crippen molar-refractivity contribution in [2.45, 2.75) is 134 Å². The molecule has 0 saturated heterocycles. The van der Waals surface area contributed by atoms with Crippen molar-refractivity contribution in [2.75, 3.05) is 0 Å². The Labute approximate surface area is 185 Å². The molecule has 0 aromatic rings. The van der Waals surface area contributed by atoms with Crippen LogP contribution in [0.1, 0.15) is 112 Å². The zero-order chi connectivity index (χ0) is 21.1. The van der Waals surface area contributed by atoms with Gasteiger partial charge >= 0.3 is 0 Å². The van der Waals surface area contributed by atoms with Crippen molar-refractivity contribution in [2.24, 2.45) is 11.8 Å². The Morgan fingerprint density at radius 1 is 0.897 bits per heavy atom. The molecule has 2 heteroatoms. The Bertz CT molecular complexity index is 550. The number of hydrogen-bond acceptors (Lipinski definition) is 0. The third-order valence-electron chi connectivity index (χ3n) is 7.32. The van der Waals surface area contributed by atoms with Crippen LogP contribution in [0, 0.1) is 11.8 Å². The Hall–Kier alpha value is 0.340. The second-order valence-electron chi connectivity index (χ2n) is 11.9. The largest absolute Gasteiger partial charge is 0.111 e. The second kappa shape index (κ2) is 10.3. The minimum atomic E-state index is 0.0626.